The molecular weight excluding hydrogens is 262 g/mol. The lowest BCUT2D eigenvalue weighted by molar-refractivity contribution is -0.124. The highest BCUT2D eigenvalue weighted by Crippen LogP contribution is 2.19. The van der Waals surface area contributed by atoms with Crippen LogP contribution in [0.3, 0.4) is 0 Å². The third kappa shape index (κ3) is 4.69. The van der Waals surface area contributed by atoms with Crippen LogP contribution in [0.25, 0.3) is 0 Å². The van der Waals surface area contributed by atoms with E-state index in [0.29, 0.717) is 6.42 Å². The molecule has 21 heavy (non-hydrogen) atoms. The van der Waals surface area contributed by atoms with Crippen molar-refractivity contribution < 1.29 is 9.59 Å². The van der Waals surface area contributed by atoms with E-state index in [2.05, 4.69) is 18.3 Å². The number of ketones is 1. The molecule has 1 aromatic rings. The number of hydrogen-bond acceptors (Lipinski definition) is 2. The highest BCUT2D eigenvalue weighted by molar-refractivity contribution is 5.98. The molecule has 1 N–H and O–H groups in total. The van der Waals surface area contributed by atoms with E-state index >= 15 is 0 Å². The second-order valence-electron chi connectivity index (χ2n) is 5.91. The molecule has 0 aromatic heterocycles. The van der Waals surface area contributed by atoms with Gasteiger partial charge in [-0.2, -0.15) is 0 Å². The molecule has 1 aliphatic rings. The molecule has 1 aliphatic heterocycles. The van der Waals surface area contributed by atoms with Crippen LogP contribution in [0.15, 0.2) is 24.3 Å². The maximum Gasteiger partial charge on any atom is 0.223 e. The van der Waals surface area contributed by atoms with Crippen molar-refractivity contribution >= 4 is 11.7 Å². The summed E-state index contributed by atoms with van der Waals surface area (Å²) in [5, 5.41) is 2.90. The van der Waals surface area contributed by atoms with Crippen LogP contribution in [-0.4, -0.2) is 18.2 Å². The first kappa shape index (κ1) is 15.7. The number of amides is 1. The molecule has 2 rings (SSSR count). The average molecular weight is 287 g/mol. The topological polar surface area (TPSA) is 46.2 Å². The van der Waals surface area contributed by atoms with Gasteiger partial charge in [-0.25, -0.2) is 0 Å². The fourth-order valence-corrected chi connectivity index (χ4v) is 2.82. The first-order valence-electron chi connectivity index (χ1n) is 8.10. The van der Waals surface area contributed by atoms with E-state index in [9.17, 15) is 9.59 Å². The number of benzene rings is 1. The van der Waals surface area contributed by atoms with Gasteiger partial charge in [0.1, 0.15) is 0 Å². The molecule has 0 unspecified atom stereocenters. The Morgan fingerprint density at radius 3 is 3.00 bits per heavy atom. The Balaban J connectivity index is 2.00. The van der Waals surface area contributed by atoms with E-state index in [0.717, 1.165) is 50.6 Å². The lowest BCUT2D eigenvalue weighted by atomic mass is 9.93. The fraction of sp³-hybridized carbons (Fsp3) is 0.556. The van der Waals surface area contributed by atoms with Gasteiger partial charge in [-0.15, -0.1) is 0 Å². The van der Waals surface area contributed by atoms with Crippen LogP contribution in [0.2, 0.25) is 0 Å². The van der Waals surface area contributed by atoms with E-state index in [1.807, 2.05) is 18.2 Å². The Kier molecular flexibility index (Phi) is 5.97. The van der Waals surface area contributed by atoms with Gasteiger partial charge in [0.05, 0.1) is 0 Å². The SMILES string of the molecule is CCCCc1cccc(C(=O)C[C@H]2CCCCNC2=O)c1. The van der Waals surface area contributed by atoms with Gasteiger partial charge in [0.15, 0.2) is 5.78 Å². The molecule has 1 amide bonds. The molecule has 1 saturated heterocycles. The number of unbranched alkanes of at least 4 members (excludes halogenated alkanes) is 1. The summed E-state index contributed by atoms with van der Waals surface area (Å²) in [5.41, 5.74) is 1.97. The molecule has 1 fully saturated rings. The van der Waals surface area contributed by atoms with Crippen LogP contribution >= 0.6 is 0 Å². The number of nitrogens with one attached hydrogen (secondary N) is 1. The zero-order valence-corrected chi connectivity index (χ0v) is 12.9. The van der Waals surface area contributed by atoms with Gasteiger partial charge < -0.3 is 5.32 Å². The molecule has 1 atom stereocenters. The molecule has 1 heterocycles. The summed E-state index contributed by atoms with van der Waals surface area (Å²) in [4.78, 5) is 24.3. The number of hydrogen-bond donors (Lipinski definition) is 1. The highest BCUT2D eigenvalue weighted by Gasteiger charge is 2.23. The molecule has 3 heteroatoms. The third-order valence-electron chi connectivity index (χ3n) is 4.15. The molecular formula is C18H25NO2. The zero-order valence-electron chi connectivity index (χ0n) is 12.9. The molecule has 0 spiro atoms. The Hall–Kier alpha value is -1.64. The lowest BCUT2D eigenvalue weighted by Gasteiger charge is -2.12. The lowest BCUT2D eigenvalue weighted by Crippen LogP contribution is -2.30. The van der Waals surface area contributed by atoms with Crippen molar-refractivity contribution in [1.82, 2.24) is 5.32 Å². The molecule has 1 aromatic carbocycles. The monoisotopic (exact) mass is 287 g/mol. The predicted octanol–water partition coefficient (Wildman–Crippen LogP) is 3.52. The summed E-state index contributed by atoms with van der Waals surface area (Å²) < 4.78 is 0. The van der Waals surface area contributed by atoms with Crippen molar-refractivity contribution in [1.29, 1.82) is 0 Å². The van der Waals surface area contributed by atoms with Crippen LogP contribution in [0.5, 0.6) is 0 Å². The molecule has 114 valence electrons. The largest absolute Gasteiger partial charge is 0.356 e. The maximum absolute atomic E-state index is 12.4. The normalized spacial score (nSPS) is 18.9. The second-order valence-corrected chi connectivity index (χ2v) is 5.91. The van der Waals surface area contributed by atoms with E-state index < -0.39 is 0 Å². The standard InChI is InChI=1S/C18H25NO2/c1-2-3-7-14-8-6-10-15(12-14)17(20)13-16-9-4-5-11-19-18(16)21/h6,8,10,12,16H,2-5,7,9,11,13H2,1H3,(H,19,21)/t16-/m1/s1. The van der Waals surface area contributed by atoms with Gasteiger partial charge in [-0.05, 0) is 37.3 Å². The van der Waals surface area contributed by atoms with Gasteiger partial charge in [-0.1, -0.05) is 38.0 Å². The van der Waals surface area contributed by atoms with Crippen molar-refractivity contribution in [2.45, 2.75) is 51.9 Å². The predicted molar refractivity (Wildman–Crippen MR) is 84.4 cm³/mol. The van der Waals surface area contributed by atoms with Gasteiger partial charge in [0, 0.05) is 24.4 Å². The Bertz CT molecular complexity index is 496. The van der Waals surface area contributed by atoms with Crippen molar-refractivity contribution in [3.63, 3.8) is 0 Å². The quantitative estimate of drug-likeness (QED) is 0.814. The highest BCUT2D eigenvalue weighted by atomic mass is 16.2. The van der Waals surface area contributed by atoms with Gasteiger partial charge >= 0.3 is 0 Å². The smallest absolute Gasteiger partial charge is 0.223 e. The minimum atomic E-state index is -0.153. The van der Waals surface area contributed by atoms with Crippen LogP contribution in [0, 0.1) is 5.92 Å². The first-order chi connectivity index (χ1) is 10.2. The molecule has 3 nitrogen and oxygen atoms in total. The number of aryl methyl sites for hydroxylation is 1. The summed E-state index contributed by atoms with van der Waals surface area (Å²) in [6.45, 7) is 2.91. The van der Waals surface area contributed by atoms with Crippen molar-refractivity contribution in [3.8, 4) is 0 Å². The number of carbonyl (C=O) groups excluding carboxylic acids is 2. The molecule has 0 bridgehead atoms. The molecule has 0 radical (unpaired) electrons. The zero-order chi connectivity index (χ0) is 15.1. The summed E-state index contributed by atoms with van der Waals surface area (Å²) in [7, 11) is 0. The first-order valence-corrected chi connectivity index (χ1v) is 8.10. The van der Waals surface area contributed by atoms with Crippen LogP contribution in [-0.2, 0) is 11.2 Å². The summed E-state index contributed by atoms with van der Waals surface area (Å²) in [6.07, 6.45) is 6.51. The fourth-order valence-electron chi connectivity index (χ4n) is 2.82. The summed E-state index contributed by atoms with van der Waals surface area (Å²) in [5.74, 6) is -0.0160. The van der Waals surface area contributed by atoms with Crippen molar-refractivity contribution in [3.05, 3.63) is 35.4 Å². The number of rotatable bonds is 6. The summed E-state index contributed by atoms with van der Waals surface area (Å²) >= 11 is 0. The van der Waals surface area contributed by atoms with Crippen LogP contribution in [0.4, 0.5) is 0 Å². The Labute approximate surface area is 127 Å². The van der Waals surface area contributed by atoms with Gasteiger partial charge in [0.25, 0.3) is 0 Å². The Morgan fingerprint density at radius 1 is 1.33 bits per heavy atom. The van der Waals surface area contributed by atoms with Crippen LogP contribution in [0.1, 0.15) is 61.4 Å². The van der Waals surface area contributed by atoms with Gasteiger partial charge in [-0.3, -0.25) is 9.59 Å². The number of Topliss-reactive ketones (excluding diaryl/α,β-unsaturated/α-hetero) is 1. The van der Waals surface area contributed by atoms with Crippen molar-refractivity contribution in [2.75, 3.05) is 6.54 Å². The molecule has 0 aliphatic carbocycles. The van der Waals surface area contributed by atoms with E-state index in [-0.39, 0.29) is 17.6 Å². The van der Waals surface area contributed by atoms with Crippen molar-refractivity contribution in [2.24, 2.45) is 5.92 Å². The van der Waals surface area contributed by atoms with E-state index in [1.165, 1.54) is 5.56 Å². The molecule has 0 saturated carbocycles. The Morgan fingerprint density at radius 2 is 2.19 bits per heavy atom. The minimum Gasteiger partial charge on any atom is -0.356 e. The summed E-state index contributed by atoms with van der Waals surface area (Å²) in [6, 6.07) is 7.88. The average Bonchev–Trinajstić information content (AvgIpc) is 2.70. The van der Waals surface area contributed by atoms with E-state index in [4.69, 9.17) is 0 Å². The maximum atomic E-state index is 12.4. The number of carbonyl (C=O) groups is 2. The van der Waals surface area contributed by atoms with E-state index in [1.54, 1.807) is 0 Å². The minimum absolute atomic E-state index is 0.0444. The van der Waals surface area contributed by atoms with Crippen LogP contribution < -0.4 is 5.32 Å². The van der Waals surface area contributed by atoms with Gasteiger partial charge in [0.2, 0.25) is 5.91 Å². The second kappa shape index (κ2) is 7.96. The third-order valence-corrected chi connectivity index (χ3v) is 4.15.